The van der Waals surface area contributed by atoms with E-state index in [9.17, 15) is 0 Å². The molecule has 2 nitrogen and oxygen atoms in total. The minimum absolute atomic E-state index is 0.0994. The molecule has 0 aliphatic rings. The van der Waals surface area contributed by atoms with Gasteiger partial charge in [0.1, 0.15) is 6.10 Å². The van der Waals surface area contributed by atoms with Gasteiger partial charge in [-0.1, -0.05) is 29.3 Å². The summed E-state index contributed by atoms with van der Waals surface area (Å²) in [5.74, 6) is 0. The Balaban J connectivity index is 2.99. The maximum atomic E-state index is 8.96. The van der Waals surface area contributed by atoms with Gasteiger partial charge in [0.25, 0.3) is 0 Å². The summed E-state index contributed by atoms with van der Waals surface area (Å²) >= 11 is 11.6. The van der Waals surface area contributed by atoms with Gasteiger partial charge in [-0.3, -0.25) is 0 Å². The summed E-state index contributed by atoms with van der Waals surface area (Å²) in [6.45, 7) is -0.0994. The number of ether oxygens (including phenoxy) is 1. The quantitative estimate of drug-likeness (QED) is 0.850. The monoisotopic (exact) mass is 220 g/mol. The molecular formula is C9H10Cl2O2. The van der Waals surface area contributed by atoms with Gasteiger partial charge in [-0.05, 0) is 12.1 Å². The number of hydrogen-bond acceptors (Lipinski definition) is 2. The zero-order valence-corrected chi connectivity index (χ0v) is 8.64. The lowest BCUT2D eigenvalue weighted by molar-refractivity contribution is 0.0485. The zero-order chi connectivity index (χ0) is 9.84. The Bertz CT molecular complexity index is 285. The third kappa shape index (κ3) is 2.58. The predicted octanol–water partition coefficient (Wildman–Crippen LogP) is 2.67. The lowest BCUT2D eigenvalue weighted by atomic mass is 10.1. The number of hydrogen-bond donors (Lipinski definition) is 1. The highest BCUT2D eigenvalue weighted by atomic mass is 35.5. The van der Waals surface area contributed by atoms with Gasteiger partial charge in [-0.2, -0.15) is 0 Å². The highest BCUT2D eigenvalue weighted by Gasteiger charge is 2.12. The van der Waals surface area contributed by atoms with Crippen LogP contribution in [-0.2, 0) is 4.74 Å². The van der Waals surface area contributed by atoms with Crippen molar-refractivity contribution in [2.45, 2.75) is 6.10 Å². The van der Waals surface area contributed by atoms with E-state index < -0.39 is 0 Å². The van der Waals surface area contributed by atoms with Crippen molar-refractivity contribution in [3.8, 4) is 0 Å². The minimum Gasteiger partial charge on any atom is -0.393 e. The van der Waals surface area contributed by atoms with E-state index in [0.29, 0.717) is 10.0 Å². The van der Waals surface area contributed by atoms with Crippen molar-refractivity contribution in [2.24, 2.45) is 0 Å². The molecule has 13 heavy (non-hydrogen) atoms. The molecule has 0 saturated heterocycles. The third-order valence-corrected chi connectivity index (χ3v) is 2.32. The highest BCUT2D eigenvalue weighted by molar-refractivity contribution is 6.35. The second-order valence-electron chi connectivity index (χ2n) is 2.57. The average molecular weight is 221 g/mol. The summed E-state index contributed by atoms with van der Waals surface area (Å²) in [5, 5.41) is 10.0. The van der Waals surface area contributed by atoms with Crippen LogP contribution in [0.5, 0.6) is 0 Å². The van der Waals surface area contributed by atoms with Gasteiger partial charge in [0.15, 0.2) is 0 Å². The van der Waals surface area contributed by atoms with Gasteiger partial charge in [-0.25, -0.2) is 0 Å². The molecule has 4 heteroatoms. The molecule has 0 saturated carbocycles. The van der Waals surface area contributed by atoms with Crippen LogP contribution < -0.4 is 0 Å². The molecule has 1 atom stereocenters. The molecular weight excluding hydrogens is 211 g/mol. The van der Waals surface area contributed by atoms with E-state index in [1.807, 2.05) is 0 Å². The Labute approximate surface area is 87.0 Å². The number of rotatable bonds is 3. The van der Waals surface area contributed by atoms with E-state index in [0.717, 1.165) is 5.56 Å². The van der Waals surface area contributed by atoms with Gasteiger partial charge in [0, 0.05) is 22.7 Å². The molecule has 72 valence electrons. The number of halogens is 2. The van der Waals surface area contributed by atoms with Gasteiger partial charge >= 0.3 is 0 Å². The summed E-state index contributed by atoms with van der Waals surface area (Å²) < 4.78 is 5.03. The predicted molar refractivity (Wildman–Crippen MR) is 53.3 cm³/mol. The summed E-state index contributed by atoms with van der Waals surface area (Å²) in [6, 6.07) is 5.08. The van der Waals surface area contributed by atoms with Gasteiger partial charge in [-0.15, -0.1) is 0 Å². The fourth-order valence-electron chi connectivity index (χ4n) is 1.06. The normalized spacial score (nSPS) is 12.9. The van der Waals surface area contributed by atoms with Crippen LogP contribution in [0.15, 0.2) is 18.2 Å². The van der Waals surface area contributed by atoms with E-state index in [2.05, 4.69) is 0 Å². The molecule has 0 aliphatic heterocycles. The van der Waals surface area contributed by atoms with Gasteiger partial charge in [0.2, 0.25) is 0 Å². The molecule has 1 aromatic rings. The van der Waals surface area contributed by atoms with Crippen LogP contribution in [0, 0.1) is 0 Å². The lowest BCUT2D eigenvalue weighted by Crippen LogP contribution is -2.06. The van der Waals surface area contributed by atoms with E-state index >= 15 is 0 Å². The smallest absolute Gasteiger partial charge is 0.107 e. The Hall–Kier alpha value is -0.280. The minimum atomic E-state index is -0.384. The van der Waals surface area contributed by atoms with Crippen molar-refractivity contribution in [3.05, 3.63) is 33.8 Å². The van der Waals surface area contributed by atoms with E-state index in [4.69, 9.17) is 33.0 Å². The van der Waals surface area contributed by atoms with Crippen molar-refractivity contribution in [1.82, 2.24) is 0 Å². The molecule has 0 bridgehead atoms. The van der Waals surface area contributed by atoms with Crippen LogP contribution in [0.4, 0.5) is 0 Å². The van der Waals surface area contributed by atoms with Crippen molar-refractivity contribution < 1.29 is 9.84 Å². The maximum Gasteiger partial charge on any atom is 0.107 e. The fraction of sp³-hybridized carbons (Fsp3) is 0.333. The molecule has 1 N–H and O–H groups in total. The number of aliphatic hydroxyl groups excluding tert-OH is 1. The van der Waals surface area contributed by atoms with E-state index in [1.165, 1.54) is 7.11 Å². The van der Waals surface area contributed by atoms with E-state index in [-0.39, 0.29) is 12.7 Å². The maximum absolute atomic E-state index is 8.96. The first kappa shape index (κ1) is 10.8. The first-order valence-corrected chi connectivity index (χ1v) is 4.53. The number of benzene rings is 1. The van der Waals surface area contributed by atoms with Gasteiger partial charge in [0.05, 0.1) is 6.61 Å². The summed E-state index contributed by atoms with van der Waals surface area (Å²) in [6.07, 6.45) is -0.384. The lowest BCUT2D eigenvalue weighted by Gasteiger charge is -2.14. The SMILES string of the molecule is COC(CO)c1ccc(Cl)cc1Cl. The molecule has 0 heterocycles. The topological polar surface area (TPSA) is 29.5 Å². The fourth-order valence-corrected chi connectivity index (χ4v) is 1.59. The molecule has 1 unspecified atom stereocenters. The zero-order valence-electron chi connectivity index (χ0n) is 7.13. The van der Waals surface area contributed by atoms with Crippen LogP contribution in [-0.4, -0.2) is 18.8 Å². The second-order valence-corrected chi connectivity index (χ2v) is 3.42. The van der Waals surface area contributed by atoms with Crippen LogP contribution in [0.2, 0.25) is 10.0 Å². The third-order valence-electron chi connectivity index (χ3n) is 1.76. The molecule has 0 spiro atoms. The van der Waals surface area contributed by atoms with Crippen molar-refractivity contribution >= 4 is 23.2 Å². The highest BCUT2D eigenvalue weighted by Crippen LogP contribution is 2.27. The Morgan fingerprint density at radius 3 is 2.62 bits per heavy atom. The van der Waals surface area contributed by atoms with E-state index in [1.54, 1.807) is 18.2 Å². The Morgan fingerprint density at radius 1 is 1.46 bits per heavy atom. The number of methoxy groups -OCH3 is 1. The average Bonchev–Trinajstić information content (AvgIpc) is 2.10. The summed E-state index contributed by atoms with van der Waals surface area (Å²) in [4.78, 5) is 0. The first-order chi connectivity index (χ1) is 6.19. The molecule has 1 rings (SSSR count). The van der Waals surface area contributed by atoms with Crippen molar-refractivity contribution in [1.29, 1.82) is 0 Å². The molecule has 0 aromatic heterocycles. The molecule has 0 fully saturated rings. The van der Waals surface area contributed by atoms with Crippen molar-refractivity contribution in [2.75, 3.05) is 13.7 Å². The number of aliphatic hydroxyl groups is 1. The summed E-state index contributed by atoms with van der Waals surface area (Å²) in [5.41, 5.74) is 0.746. The molecule has 0 aliphatic carbocycles. The Kier molecular flexibility index (Phi) is 4.00. The van der Waals surface area contributed by atoms with Crippen LogP contribution in [0.25, 0.3) is 0 Å². The molecule has 0 radical (unpaired) electrons. The van der Waals surface area contributed by atoms with Crippen LogP contribution in [0.1, 0.15) is 11.7 Å². The van der Waals surface area contributed by atoms with Gasteiger partial charge < -0.3 is 9.84 Å². The van der Waals surface area contributed by atoms with Crippen LogP contribution >= 0.6 is 23.2 Å². The van der Waals surface area contributed by atoms with Crippen LogP contribution in [0.3, 0.4) is 0 Å². The first-order valence-electron chi connectivity index (χ1n) is 3.77. The molecule has 1 aromatic carbocycles. The second kappa shape index (κ2) is 4.82. The summed E-state index contributed by atoms with van der Waals surface area (Å²) in [7, 11) is 1.52. The van der Waals surface area contributed by atoms with Crippen molar-refractivity contribution in [3.63, 3.8) is 0 Å². The largest absolute Gasteiger partial charge is 0.393 e. The molecule has 0 amide bonds. The Morgan fingerprint density at radius 2 is 2.15 bits per heavy atom. The standard InChI is InChI=1S/C9H10Cl2O2/c1-13-9(5-12)7-3-2-6(10)4-8(7)11/h2-4,9,12H,5H2,1H3.